The number of rotatable bonds is 12. The van der Waals surface area contributed by atoms with Crippen LogP contribution in [0.1, 0.15) is 38.9 Å². The fraction of sp³-hybridized carbons (Fsp3) is 0.258. The lowest BCUT2D eigenvalue weighted by atomic mass is 10.1. The number of alkyl halides is 2. The largest absolute Gasteiger partial charge is 0.482 e. The van der Waals surface area contributed by atoms with Crippen LogP contribution in [-0.4, -0.2) is 53.0 Å². The summed E-state index contributed by atoms with van der Waals surface area (Å²) in [6, 6.07) is 6.82. The molecule has 2 aromatic carbocycles. The van der Waals surface area contributed by atoms with E-state index in [0.717, 1.165) is 20.8 Å². The molecule has 2 amide bonds. The molecular formula is C31H28F6N4O4. The van der Waals surface area contributed by atoms with Crippen molar-refractivity contribution in [1.82, 2.24) is 14.9 Å². The maximum atomic E-state index is 14.9. The van der Waals surface area contributed by atoms with Crippen molar-refractivity contribution in [3.63, 3.8) is 0 Å². The minimum Gasteiger partial charge on any atom is -0.482 e. The highest BCUT2D eigenvalue weighted by atomic mass is 19.2. The normalized spacial score (nSPS) is 15.0. The van der Waals surface area contributed by atoms with Crippen LogP contribution >= 0.6 is 0 Å². The van der Waals surface area contributed by atoms with Crippen LogP contribution in [0.5, 0.6) is 5.75 Å². The number of carbonyl (C=O) groups excluding carboxylic acids is 2. The zero-order chi connectivity index (χ0) is 32.8. The van der Waals surface area contributed by atoms with Crippen LogP contribution in [0.3, 0.4) is 0 Å². The highest BCUT2D eigenvalue weighted by molar-refractivity contribution is 5.99. The number of carbonyl (C=O) groups is 2. The summed E-state index contributed by atoms with van der Waals surface area (Å²) < 4.78 is 90.5. The van der Waals surface area contributed by atoms with Crippen molar-refractivity contribution in [3.8, 4) is 5.75 Å². The van der Waals surface area contributed by atoms with Gasteiger partial charge in [-0.25, -0.2) is 26.3 Å². The van der Waals surface area contributed by atoms with Crippen molar-refractivity contribution in [2.75, 3.05) is 18.4 Å². The molecule has 3 atom stereocenters. The first kappa shape index (κ1) is 32.9. The third kappa shape index (κ3) is 6.89. The first-order valence-electron chi connectivity index (χ1n) is 13.6. The number of aromatic nitrogens is 1. The van der Waals surface area contributed by atoms with Gasteiger partial charge >= 0.3 is 0 Å². The van der Waals surface area contributed by atoms with Gasteiger partial charge in [-0.2, -0.15) is 0 Å². The Morgan fingerprint density at radius 1 is 1.13 bits per heavy atom. The summed E-state index contributed by atoms with van der Waals surface area (Å²) in [7, 11) is 0. The maximum Gasteiger partial charge on any atom is 0.278 e. The molecule has 1 aliphatic rings. The van der Waals surface area contributed by atoms with Crippen LogP contribution < -0.4 is 20.5 Å². The molecule has 8 nitrogen and oxygen atoms in total. The van der Waals surface area contributed by atoms with E-state index in [4.69, 9.17) is 4.74 Å². The number of nitrogens with zero attached hydrogens (tertiary/aromatic N) is 3. The van der Waals surface area contributed by atoms with Crippen molar-refractivity contribution in [2.24, 2.45) is 0 Å². The summed E-state index contributed by atoms with van der Waals surface area (Å²) >= 11 is 0. The van der Waals surface area contributed by atoms with Crippen molar-refractivity contribution in [3.05, 3.63) is 124 Å². The molecule has 0 fully saturated rings. The number of ether oxygens (including phenoxy) is 1. The van der Waals surface area contributed by atoms with Crippen LogP contribution in [0.2, 0.25) is 0 Å². The van der Waals surface area contributed by atoms with E-state index in [0.29, 0.717) is 23.8 Å². The molecule has 14 heteroatoms. The summed E-state index contributed by atoms with van der Waals surface area (Å²) in [6.45, 7) is 2.12. The fourth-order valence-electron chi connectivity index (χ4n) is 4.68. The number of fused-ring (bicyclic) bond motifs is 1. The van der Waals surface area contributed by atoms with Crippen LogP contribution in [0.25, 0.3) is 0 Å². The van der Waals surface area contributed by atoms with Gasteiger partial charge in [-0.1, -0.05) is 36.4 Å². The van der Waals surface area contributed by atoms with Gasteiger partial charge in [0.1, 0.15) is 49.0 Å². The van der Waals surface area contributed by atoms with Gasteiger partial charge in [0.2, 0.25) is 5.43 Å². The lowest BCUT2D eigenvalue weighted by Crippen LogP contribution is -2.61. The molecular weight excluding hydrogens is 606 g/mol. The fourth-order valence-corrected chi connectivity index (χ4v) is 4.68. The average molecular weight is 635 g/mol. The molecule has 0 saturated carbocycles. The predicted octanol–water partition coefficient (Wildman–Crippen LogP) is 4.86. The van der Waals surface area contributed by atoms with Crippen LogP contribution in [0, 0.1) is 17.5 Å². The van der Waals surface area contributed by atoms with Gasteiger partial charge in [0.05, 0.1) is 6.33 Å². The third-order valence-electron chi connectivity index (χ3n) is 7.15. The van der Waals surface area contributed by atoms with Gasteiger partial charge < -0.3 is 15.0 Å². The quantitative estimate of drug-likeness (QED) is 0.228. The molecule has 0 radical (unpaired) electrons. The Bertz CT molecular complexity index is 1640. The molecule has 45 heavy (non-hydrogen) atoms. The van der Waals surface area contributed by atoms with E-state index in [1.165, 1.54) is 6.08 Å². The molecule has 3 aromatic rings. The topological polar surface area (TPSA) is 83.9 Å². The Labute approximate surface area is 253 Å². The van der Waals surface area contributed by atoms with Crippen LogP contribution in [-0.2, 0) is 13.2 Å². The van der Waals surface area contributed by atoms with Crippen LogP contribution in [0.15, 0.2) is 78.5 Å². The molecule has 0 aliphatic carbocycles. The first-order chi connectivity index (χ1) is 21.5. The second-order valence-electron chi connectivity index (χ2n) is 10.0. The Hall–Kier alpha value is -5.01. The number of nitrogens with one attached hydrogen (secondary N) is 1. The summed E-state index contributed by atoms with van der Waals surface area (Å²) in [4.78, 5) is 42.0. The molecule has 4 rings (SSSR count). The second-order valence-corrected chi connectivity index (χ2v) is 10.0. The minimum atomic E-state index is -2.33. The summed E-state index contributed by atoms with van der Waals surface area (Å²) in [5.41, 5.74) is -2.46. The van der Waals surface area contributed by atoms with Crippen LogP contribution in [0.4, 0.5) is 26.3 Å². The van der Waals surface area contributed by atoms with Gasteiger partial charge in [0.15, 0.2) is 17.6 Å². The lowest BCUT2D eigenvalue weighted by Gasteiger charge is -2.45. The molecule has 238 valence electrons. The smallest absolute Gasteiger partial charge is 0.278 e. The highest BCUT2D eigenvalue weighted by Crippen LogP contribution is 2.27. The van der Waals surface area contributed by atoms with E-state index in [1.54, 1.807) is 37.3 Å². The summed E-state index contributed by atoms with van der Waals surface area (Å²) in [5.74, 6) is -6.43. The monoisotopic (exact) mass is 634 g/mol. The second kappa shape index (κ2) is 14.2. The molecule has 0 saturated heterocycles. The third-order valence-corrected chi connectivity index (χ3v) is 7.15. The maximum absolute atomic E-state index is 14.9. The van der Waals surface area contributed by atoms with E-state index >= 15 is 0 Å². The number of halogens is 6. The van der Waals surface area contributed by atoms with Gasteiger partial charge in [0, 0.05) is 36.5 Å². The minimum absolute atomic E-state index is 0.0149. The predicted molar refractivity (Wildman–Crippen MR) is 153 cm³/mol. The zero-order valence-electron chi connectivity index (χ0n) is 23.9. The standard InChI is InChI=1S/C31H28F6N4O4/c1-3-18(2)39-17-41(26(9-10-32)25(37)13-33)40-15-22(30(43)38-14-21-23(35)11-20(34)12-24(21)36)28(42)29(27(40)31(39)44)45-16-19-7-5-4-6-8-19/h3-12,15,18,25-26H,1,13-14,16-17H2,2H3,(H,38,43). The van der Waals surface area contributed by atoms with E-state index in [9.17, 15) is 40.7 Å². The highest BCUT2D eigenvalue weighted by Gasteiger charge is 2.40. The molecule has 1 aliphatic heterocycles. The number of pyridine rings is 1. The lowest BCUT2D eigenvalue weighted by molar-refractivity contribution is 0.0621. The van der Waals surface area contributed by atoms with Crippen molar-refractivity contribution in [1.29, 1.82) is 0 Å². The van der Waals surface area contributed by atoms with Crippen molar-refractivity contribution >= 4 is 11.8 Å². The van der Waals surface area contributed by atoms with Gasteiger partial charge in [-0.3, -0.25) is 24.1 Å². The first-order valence-corrected chi connectivity index (χ1v) is 13.6. The Morgan fingerprint density at radius 2 is 1.80 bits per heavy atom. The molecule has 2 heterocycles. The summed E-state index contributed by atoms with van der Waals surface area (Å²) in [5, 5.41) is 3.19. The Balaban J connectivity index is 1.89. The Kier molecular flexibility index (Phi) is 10.4. The number of amides is 2. The number of hydrogen-bond acceptors (Lipinski definition) is 5. The Morgan fingerprint density at radius 3 is 2.40 bits per heavy atom. The molecule has 3 unspecified atom stereocenters. The number of hydrogen-bond donors (Lipinski definition) is 1. The average Bonchev–Trinajstić information content (AvgIpc) is 3.02. The molecule has 0 bridgehead atoms. The van der Waals surface area contributed by atoms with Gasteiger partial charge in [-0.15, -0.1) is 6.58 Å². The van der Waals surface area contributed by atoms with E-state index < -0.39 is 95.4 Å². The zero-order valence-corrected chi connectivity index (χ0v) is 23.9. The van der Waals surface area contributed by atoms with Crippen molar-refractivity contribution in [2.45, 2.75) is 38.3 Å². The van der Waals surface area contributed by atoms with E-state index in [-0.39, 0.29) is 12.9 Å². The molecule has 1 aromatic heterocycles. The van der Waals surface area contributed by atoms with Gasteiger partial charge in [-0.05, 0) is 18.6 Å². The summed E-state index contributed by atoms with van der Waals surface area (Å²) in [6.07, 6.45) is 0.583. The van der Waals surface area contributed by atoms with E-state index in [2.05, 4.69) is 11.9 Å². The SMILES string of the molecule is C=CC(C)N1CN(C(C=CF)C(F)CF)n2cc(C(=O)NCc3c(F)cc(F)cc3F)c(=O)c(OCc3ccccc3)c2C1=O. The van der Waals surface area contributed by atoms with Gasteiger partial charge in [0.25, 0.3) is 11.8 Å². The molecule has 1 N–H and O–H groups in total. The van der Waals surface area contributed by atoms with Crippen molar-refractivity contribution < 1.29 is 40.7 Å². The molecule has 0 spiro atoms. The van der Waals surface area contributed by atoms with E-state index in [1.807, 2.05) is 0 Å². The number of benzene rings is 2.